The quantitative estimate of drug-likeness (QED) is 0.924. The van der Waals surface area contributed by atoms with Gasteiger partial charge in [0.15, 0.2) is 0 Å². The Kier molecular flexibility index (Phi) is 3.20. The van der Waals surface area contributed by atoms with Gasteiger partial charge in [-0.1, -0.05) is 23.7 Å². The van der Waals surface area contributed by atoms with E-state index in [1.807, 2.05) is 12.1 Å². The average Bonchev–Trinajstić information content (AvgIpc) is 2.64. The Morgan fingerprint density at radius 2 is 2.05 bits per heavy atom. The molecule has 0 bridgehead atoms. The summed E-state index contributed by atoms with van der Waals surface area (Å²) in [5.41, 5.74) is 7.93. The fourth-order valence-electron chi connectivity index (χ4n) is 2.42. The number of carbonyl (C=O) groups is 1. The summed E-state index contributed by atoms with van der Waals surface area (Å²) in [6, 6.07) is 10.7. The van der Waals surface area contributed by atoms with Gasteiger partial charge < -0.3 is 10.6 Å². The number of rotatable bonds is 2. The molecule has 2 aromatic rings. The Morgan fingerprint density at radius 1 is 1.25 bits per heavy atom. The van der Waals surface area contributed by atoms with E-state index in [2.05, 4.69) is 0 Å². The molecule has 0 radical (unpaired) electrons. The van der Waals surface area contributed by atoms with E-state index in [9.17, 15) is 9.18 Å². The fraction of sp³-hybridized carbons (Fsp3) is 0.133. The van der Waals surface area contributed by atoms with Crippen molar-refractivity contribution in [2.75, 3.05) is 4.90 Å². The van der Waals surface area contributed by atoms with Gasteiger partial charge in [0.25, 0.3) is 0 Å². The molecule has 0 unspecified atom stereocenters. The molecule has 2 aromatic carbocycles. The van der Waals surface area contributed by atoms with Gasteiger partial charge in [-0.2, -0.15) is 0 Å². The number of halogens is 2. The number of nitrogens with two attached hydrogens (primary N) is 1. The maximum atomic E-state index is 13.3. The summed E-state index contributed by atoms with van der Waals surface area (Å²) < 4.78 is 13.3. The summed E-state index contributed by atoms with van der Waals surface area (Å²) in [4.78, 5) is 13.8. The molecule has 1 atom stereocenters. The van der Waals surface area contributed by atoms with Crippen LogP contribution in [0.3, 0.4) is 0 Å². The highest BCUT2D eigenvalue weighted by Gasteiger charge is 2.34. The fourth-order valence-corrected chi connectivity index (χ4v) is 2.63. The summed E-state index contributed by atoms with van der Waals surface area (Å²) in [6.45, 7) is 0.367. The van der Waals surface area contributed by atoms with Gasteiger partial charge in [-0.3, -0.25) is 4.79 Å². The predicted molar refractivity (Wildman–Crippen MR) is 76.0 cm³/mol. The average molecular weight is 291 g/mol. The number of amides is 1. The summed E-state index contributed by atoms with van der Waals surface area (Å²) in [7, 11) is 0. The molecule has 0 aromatic heterocycles. The highest BCUT2D eigenvalue weighted by atomic mass is 35.5. The van der Waals surface area contributed by atoms with Crippen LogP contribution in [0.25, 0.3) is 0 Å². The molecule has 0 spiro atoms. The lowest BCUT2D eigenvalue weighted by Gasteiger charge is -2.17. The number of hydrogen-bond acceptors (Lipinski definition) is 2. The SMILES string of the molecule is N[C@@H]1C(=O)N(Cc2cccc(Cl)c2)c2ccc(F)cc21. The molecule has 0 saturated carbocycles. The molecule has 1 amide bonds. The van der Waals surface area contributed by atoms with Crippen LogP contribution in [0.1, 0.15) is 17.2 Å². The lowest BCUT2D eigenvalue weighted by Crippen LogP contribution is -2.31. The van der Waals surface area contributed by atoms with Crippen LogP contribution >= 0.6 is 11.6 Å². The highest BCUT2D eigenvalue weighted by molar-refractivity contribution is 6.30. The minimum Gasteiger partial charge on any atom is -0.316 e. The molecule has 0 fully saturated rings. The minimum absolute atomic E-state index is 0.231. The van der Waals surface area contributed by atoms with Crippen molar-refractivity contribution in [1.29, 1.82) is 0 Å². The topological polar surface area (TPSA) is 46.3 Å². The number of carbonyl (C=O) groups excluding carboxylic acids is 1. The van der Waals surface area contributed by atoms with Crippen LogP contribution in [0, 0.1) is 5.82 Å². The molecule has 2 N–H and O–H groups in total. The Balaban J connectivity index is 1.97. The summed E-state index contributed by atoms with van der Waals surface area (Å²) in [6.07, 6.45) is 0. The summed E-state index contributed by atoms with van der Waals surface area (Å²) in [5.74, 6) is -0.623. The van der Waals surface area contributed by atoms with Gasteiger partial charge >= 0.3 is 0 Å². The zero-order valence-corrected chi connectivity index (χ0v) is 11.3. The third-order valence-corrected chi connectivity index (χ3v) is 3.61. The zero-order valence-electron chi connectivity index (χ0n) is 10.5. The predicted octanol–water partition coefficient (Wildman–Crippen LogP) is 3.03. The number of benzene rings is 2. The van der Waals surface area contributed by atoms with Crippen molar-refractivity contribution in [3.63, 3.8) is 0 Å². The van der Waals surface area contributed by atoms with Gasteiger partial charge in [-0.25, -0.2) is 4.39 Å². The molecule has 1 aliphatic rings. The molecule has 0 saturated heterocycles. The first-order valence-electron chi connectivity index (χ1n) is 6.17. The van der Waals surface area contributed by atoms with Crippen molar-refractivity contribution >= 4 is 23.2 Å². The maximum Gasteiger partial charge on any atom is 0.248 e. The molecule has 3 rings (SSSR count). The molecule has 0 aliphatic carbocycles. The summed E-state index contributed by atoms with van der Waals surface area (Å²) in [5, 5.41) is 0.609. The van der Waals surface area contributed by atoms with Crippen LogP contribution in [0.15, 0.2) is 42.5 Å². The van der Waals surface area contributed by atoms with Gasteiger partial charge in [0.05, 0.1) is 6.54 Å². The zero-order chi connectivity index (χ0) is 14.3. The van der Waals surface area contributed by atoms with E-state index in [0.29, 0.717) is 22.8 Å². The number of fused-ring (bicyclic) bond motifs is 1. The van der Waals surface area contributed by atoms with E-state index in [0.717, 1.165) is 5.56 Å². The normalized spacial score (nSPS) is 17.4. The van der Waals surface area contributed by atoms with Crippen LogP contribution in [0.5, 0.6) is 0 Å². The van der Waals surface area contributed by atoms with E-state index in [1.54, 1.807) is 23.1 Å². The van der Waals surface area contributed by atoms with Crippen molar-refractivity contribution in [1.82, 2.24) is 0 Å². The van der Waals surface area contributed by atoms with Gasteiger partial charge in [-0.15, -0.1) is 0 Å². The molecule has 20 heavy (non-hydrogen) atoms. The molecule has 102 valence electrons. The molecule has 3 nitrogen and oxygen atoms in total. The van der Waals surface area contributed by atoms with Crippen molar-refractivity contribution < 1.29 is 9.18 Å². The molecular formula is C15H12ClFN2O. The molecular weight excluding hydrogens is 279 g/mol. The van der Waals surface area contributed by atoms with E-state index in [-0.39, 0.29) is 5.91 Å². The smallest absolute Gasteiger partial charge is 0.248 e. The van der Waals surface area contributed by atoms with E-state index in [1.165, 1.54) is 12.1 Å². The van der Waals surface area contributed by atoms with Crippen LogP contribution in [-0.4, -0.2) is 5.91 Å². The van der Waals surface area contributed by atoms with Crippen LogP contribution in [0.4, 0.5) is 10.1 Å². The van der Waals surface area contributed by atoms with Crippen LogP contribution in [0.2, 0.25) is 5.02 Å². The monoisotopic (exact) mass is 290 g/mol. The van der Waals surface area contributed by atoms with Crippen molar-refractivity contribution in [2.45, 2.75) is 12.6 Å². The second-order valence-electron chi connectivity index (χ2n) is 4.74. The van der Waals surface area contributed by atoms with Crippen molar-refractivity contribution in [3.05, 3.63) is 64.4 Å². The maximum absolute atomic E-state index is 13.3. The van der Waals surface area contributed by atoms with Gasteiger partial charge in [0.1, 0.15) is 11.9 Å². The molecule has 5 heteroatoms. The highest BCUT2D eigenvalue weighted by Crippen LogP contribution is 2.36. The minimum atomic E-state index is -0.806. The lowest BCUT2D eigenvalue weighted by atomic mass is 10.1. The second-order valence-corrected chi connectivity index (χ2v) is 5.17. The first kappa shape index (κ1) is 13.1. The lowest BCUT2D eigenvalue weighted by molar-refractivity contribution is -0.119. The van der Waals surface area contributed by atoms with Crippen molar-refractivity contribution in [3.8, 4) is 0 Å². The first-order valence-corrected chi connectivity index (χ1v) is 6.55. The Labute approximate surface area is 120 Å². The van der Waals surface area contributed by atoms with Crippen molar-refractivity contribution in [2.24, 2.45) is 5.73 Å². The number of nitrogens with zero attached hydrogens (tertiary/aromatic N) is 1. The third-order valence-electron chi connectivity index (χ3n) is 3.38. The van der Waals surface area contributed by atoms with Gasteiger partial charge in [-0.05, 0) is 35.9 Å². The van der Waals surface area contributed by atoms with Crippen LogP contribution < -0.4 is 10.6 Å². The van der Waals surface area contributed by atoms with Gasteiger partial charge in [0.2, 0.25) is 5.91 Å². The largest absolute Gasteiger partial charge is 0.316 e. The van der Waals surface area contributed by atoms with E-state index >= 15 is 0 Å². The Morgan fingerprint density at radius 3 is 2.80 bits per heavy atom. The number of hydrogen-bond donors (Lipinski definition) is 1. The summed E-state index contributed by atoms with van der Waals surface area (Å²) >= 11 is 5.94. The van der Waals surface area contributed by atoms with E-state index < -0.39 is 11.9 Å². The first-order chi connectivity index (χ1) is 9.56. The Bertz CT molecular complexity index is 689. The third kappa shape index (κ3) is 2.17. The van der Waals surface area contributed by atoms with Gasteiger partial charge in [0, 0.05) is 16.3 Å². The molecule has 1 aliphatic heterocycles. The number of anilines is 1. The molecule has 1 heterocycles. The Hall–Kier alpha value is -1.91. The standard InChI is InChI=1S/C15H12ClFN2O/c16-10-3-1-2-9(6-10)8-19-13-5-4-11(17)7-12(13)14(18)15(19)20/h1-7,14H,8,18H2/t14-/m0/s1. The van der Waals surface area contributed by atoms with E-state index in [4.69, 9.17) is 17.3 Å². The van der Waals surface area contributed by atoms with Crippen LogP contribution in [-0.2, 0) is 11.3 Å². The second kappa shape index (κ2) is 4.89.